The van der Waals surface area contributed by atoms with Crippen molar-refractivity contribution in [2.24, 2.45) is 5.73 Å². The Morgan fingerprint density at radius 3 is 2.81 bits per heavy atom. The molecule has 0 aliphatic carbocycles. The Labute approximate surface area is 90.6 Å². The summed E-state index contributed by atoms with van der Waals surface area (Å²) in [7, 11) is 0. The molecular weight excluding hydrogens is 220 g/mol. The lowest BCUT2D eigenvalue weighted by atomic mass is 10.2. The predicted molar refractivity (Wildman–Crippen MR) is 50.8 cm³/mol. The van der Waals surface area contributed by atoms with Crippen LogP contribution < -0.4 is 5.73 Å². The van der Waals surface area contributed by atoms with Gasteiger partial charge in [-0.15, -0.1) is 0 Å². The molecule has 0 aromatic carbocycles. The van der Waals surface area contributed by atoms with E-state index in [9.17, 15) is 13.6 Å². The topological polar surface area (TPSA) is 78.1 Å². The lowest BCUT2D eigenvalue weighted by Crippen LogP contribution is -2.14. The highest BCUT2D eigenvalue weighted by atomic mass is 19.3. The fourth-order valence-corrected chi connectivity index (χ4v) is 1.06. The van der Waals surface area contributed by atoms with E-state index in [1.165, 1.54) is 0 Å². The van der Waals surface area contributed by atoms with Crippen molar-refractivity contribution in [1.29, 1.82) is 0 Å². The van der Waals surface area contributed by atoms with Gasteiger partial charge in [-0.1, -0.05) is 0 Å². The van der Waals surface area contributed by atoms with Gasteiger partial charge in [-0.25, -0.2) is 23.5 Å². The molecule has 16 heavy (non-hydrogen) atoms. The zero-order valence-electron chi connectivity index (χ0n) is 8.61. The largest absolute Gasteiger partial charge is 0.462 e. The molecule has 7 heteroatoms. The van der Waals surface area contributed by atoms with Crippen LogP contribution in [-0.2, 0) is 11.3 Å². The van der Waals surface area contributed by atoms with E-state index >= 15 is 0 Å². The third-order valence-electron chi connectivity index (χ3n) is 1.75. The first kappa shape index (κ1) is 12.4. The second-order valence-corrected chi connectivity index (χ2v) is 2.81. The minimum Gasteiger partial charge on any atom is -0.462 e. The number of halogens is 2. The number of ether oxygens (including phenoxy) is 1. The Hall–Kier alpha value is -1.63. The predicted octanol–water partition coefficient (Wildman–Crippen LogP) is 1.05. The van der Waals surface area contributed by atoms with E-state index in [1.54, 1.807) is 6.92 Å². The minimum atomic E-state index is -2.87. The molecule has 1 heterocycles. The average Bonchev–Trinajstić information content (AvgIpc) is 2.28. The molecule has 2 N–H and O–H groups in total. The van der Waals surface area contributed by atoms with Crippen molar-refractivity contribution in [3.05, 3.63) is 23.3 Å². The molecule has 1 rings (SSSR count). The van der Waals surface area contributed by atoms with E-state index in [0.717, 1.165) is 6.20 Å². The second-order valence-electron chi connectivity index (χ2n) is 2.81. The molecule has 0 saturated carbocycles. The van der Waals surface area contributed by atoms with Gasteiger partial charge < -0.3 is 10.5 Å². The van der Waals surface area contributed by atoms with Gasteiger partial charge in [0.2, 0.25) is 0 Å². The summed E-state index contributed by atoms with van der Waals surface area (Å²) in [5.74, 6) is -0.801. The van der Waals surface area contributed by atoms with Gasteiger partial charge in [0.25, 0.3) is 6.43 Å². The molecular formula is C9H11F2N3O2. The number of alkyl halides is 2. The van der Waals surface area contributed by atoms with E-state index in [2.05, 4.69) is 14.7 Å². The SMILES string of the molecule is CCOC(=O)c1cnc(CN)nc1C(F)F. The van der Waals surface area contributed by atoms with Crippen LogP contribution in [0.15, 0.2) is 6.20 Å². The zero-order valence-corrected chi connectivity index (χ0v) is 8.61. The van der Waals surface area contributed by atoms with Gasteiger partial charge in [0.15, 0.2) is 0 Å². The smallest absolute Gasteiger partial charge is 0.341 e. The van der Waals surface area contributed by atoms with E-state index in [1.807, 2.05) is 0 Å². The monoisotopic (exact) mass is 231 g/mol. The molecule has 1 aromatic rings. The summed E-state index contributed by atoms with van der Waals surface area (Å²) >= 11 is 0. The van der Waals surface area contributed by atoms with Crippen molar-refractivity contribution in [2.45, 2.75) is 19.9 Å². The molecule has 0 fully saturated rings. The Kier molecular flexibility index (Phi) is 4.24. The maximum Gasteiger partial charge on any atom is 0.341 e. The molecule has 0 bridgehead atoms. The third kappa shape index (κ3) is 2.69. The van der Waals surface area contributed by atoms with Gasteiger partial charge in [-0.05, 0) is 6.92 Å². The number of nitrogens with two attached hydrogens (primary N) is 1. The molecule has 0 saturated heterocycles. The number of hydrogen-bond donors (Lipinski definition) is 1. The number of carbonyl (C=O) groups excluding carboxylic acids is 1. The Morgan fingerprint density at radius 2 is 2.31 bits per heavy atom. The molecule has 0 aliphatic rings. The molecule has 0 unspecified atom stereocenters. The van der Waals surface area contributed by atoms with Crippen molar-refractivity contribution in [3.63, 3.8) is 0 Å². The molecule has 0 atom stereocenters. The number of esters is 1. The van der Waals surface area contributed by atoms with Gasteiger partial charge >= 0.3 is 5.97 Å². The van der Waals surface area contributed by atoms with Crippen LogP contribution in [0, 0.1) is 0 Å². The molecule has 5 nitrogen and oxygen atoms in total. The van der Waals surface area contributed by atoms with Gasteiger partial charge in [0.1, 0.15) is 17.1 Å². The first-order chi connectivity index (χ1) is 7.60. The first-order valence-electron chi connectivity index (χ1n) is 4.61. The quantitative estimate of drug-likeness (QED) is 0.783. The lowest BCUT2D eigenvalue weighted by Gasteiger charge is -2.07. The number of rotatable bonds is 4. The van der Waals surface area contributed by atoms with Crippen molar-refractivity contribution in [2.75, 3.05) is 6.61 Å². The Balaban J connectivity index is 3.12. The fraction of sp³-hybridized carbons (Fsp3) is 0.444. The standard InChI is InChI=1S/C9H11F2N3O2/c1-2-16-9(15)5-4-13-6(3-12)14-7(5)8(10)11/h4,8H,2-3,12H2,1H3. The molecule has 88 valence electrons. The van der Waals surface area contributed by atoms with Crippen LogP contribution in [0.1, 0.15) is 35.2 Å². The number of hydrogen-bond acceptors (Lipinski definition) is 5. The number of nitrogens with zero attached hydrogens (tertiary/aromatic N) is 2. The average molecular weight is 231 g/mol. The van der Waals surface area contributed by atoms with Crippen LogP contribution in [0.2, 0.25) is 0 Å². The highest BCUT2D eigenvalue weighted by molar-refractivity contribution is 5.90. The van der Waals surface area contributed by atoms with Crippen molar-refractivity contribution >= 4 is 5.97 Å². The van der Waals surface area contributed by atoms with Crippen LogP contribution in [0.3, 0.4) is 0 Å². The van der Waals surface area contributed by atoms with Crippen LogP contribution in [0.5, 0.6) is 0 Å². The summed E-state index contributed by atoms with van der Waals surface area (Å²) < 4.78 is 29.8. The fourth-order valence-electron chi connectivity index (χ4n) is 1.06. The van der Waals surface area contributed by atoms with Crippen LogP contribution in [0.25, 0.3) is 0 Å². The van der Waals surface area contributed by atoms with Crippen LogP contribution in [0.4, 0.5) is 8.78 Å². The number of carbonyl (C=O) groups is 1. The maximum absolute atomic E-state index is 12.6. The maximum atomic E-state index is 12.6. The van der Waals surface area contributed by atoms with E-state index in [4.69, 9.17) is 5.73 Å². The summed E-state index contributed by atoms with van der Waals surface area (Å²) in [5.41, 5.74) is 4.25. The van der Waals surface area contributed by atoms with E-state index in [-0.39, 0.29) is 24.5 Å². The van der Waals surface area contributed by atoms with Crippen molar-refractivity contribution in [1.82, 2.24) is 9.97 Å². The first-order valence-corrected chi connectivity index (χ1v) is 4.61. The van der Waals surface area contributed by atoms with E-state index < -0.39 is 18.1 Å². The van der Waals surface area contributed by atoms with Gasteiger partial charge in [0, 0.05) is 6.20 Å². The molecule has 0 spiro atoms. The Bertz CT molecular complexity index is 385. The van der Waals surface area contributed by atoms with Gasteiger partial charge in [0.05, 0.1) is 13.2 Å². The Morgan fingerprint density at radius 1 is 1.62 bits per heavy atom. The summed E-state index contributed by atoms with van der Waals surface area (Å²) in [4.78, 5) is 18.5. The highest BCUT2D eigenvalue weighted by Gasteiger charge is 2.22. The van der Waals surface area contributed by atoms with Crippen molar-refractivity contribution in [3.8, 4) is 0 Å². The summed E-state index contributed by atoms with van der Waals surface area (Å²) in [6.45, 7) is 1.61. The summed E-state index contributed by atoms with van der Waals surface area (Å²) in [6, 6.07) is 0. The molecule has 0 amide bonds. The lowest BCUT2D eigenvalue weighted by molar-refractivity contribution is 0.0512. The van der Waals surface area contributed by atoms with Crippen molar-refractivity contribution < 1.29 is 18.3 Å². The normalized spacial score (nSPS) is 10.6. The third-order valence-corrected chi connectivity index (χ3v) is 1.75. The molecule has 0 radical (unpaired) electrons. The van der Waals surface area contributed by atoms with Gasteiger partial charge in [-0.2, -0.15) is 0 Å². The molecule has 0 aliphatic heterocycles. The second kappa shape index (κ2) is 5.45. The number of aromatic nitrogens is 2. The molecule has 1 aromatic heterocycles. The zero-order chi connectivity index (χ0) is 12.1. The minimum absolute atomic E-state index is 0.0587. The van der Waals surface area contributed by atoms with E-state index in [0.29, 0.717) is 0 Å². The van der Waals surface area contributed by atoms with Gasteiger partial charge in [-0.3, -0.25) is 0 Å². The highest BCUT2D eigenvalue weighted by Crippen LogP contribution is 2.20. The van der Waals surface area contributed by atoms with Crippen LogP contribution >= 0.6 is 0 Å². The summed E-state index contributed by atoms with van der Waals surface area (Å²) in [6.07, 6.45) is -1.86. The van der Waals surface area contributed by atoms with Crippen LogP contribution in [-0.4, -0.2) is 22.5 Å². The summed E-state index contributed by atoms with van der Waals surface area (Å²) in [5, 5.41) is 0.